The van der Waals surface area contributed by atoms with Crippen molar-refractivity contribution < 1.29 is 12.8 Å². The molecular formula is C12H17BrClFN2O2S. The number of sulfonamides is 1. The molecule has 1 aliphatic rings. The van der Waals surface area contributed by atoms with Crippen molar-refractivity contribution in [3.63, 3.8) is 0 Å². The summed E-state index contributed by atoms with van der Waals surface area (Å²) in [4.78, 5) is -0.278. The summed E-state index contributed by atoms with van der Waals surface area (Å²) in [6.07, 6.45) is 0.716. The van der Waals surface area contributed by atoms with Gasteiger partial charge in [0.2, 0.25) is 10.0 Å². The van der Waals surface area contributed by atoms with Gasteiger partial charge in [0.1, 0.15) is 10.7 Å². The first kappa shape index (κ1) is 17.8. The van der Waals surface area contributed by atoms with Crippen molar-refractivity contribution in [1.29, 1.82) is 0 Å². The number of nitrogens with two attached hydrogens (primary N) is 1. The molecular weight excluding hydrogens is 371 g/mol. The lowest BCUT2D eigenvalue weighted by Crippen LogP contribution is -2.35. The van der Waals surface area contributed by atoms with Crippen LogP contribution in [0.1, 0.15) is 13.3 Å². The summed E-state index contributed by atoms with van der Waals surface area (Å²) in [5.74, 6) is -0.596. The van der Waals surface area contributed by atoms with Gasteiger partial charge >= 0.3 is 0 Å². The lowest BCUT2D eigenvalue weighted by Gasteiger charge is -2.21. The van der Waals surface area contributed by atoms with Gasteiger partial charge in [-0.15, -0.1) is 12.4 Å². The number of nitrogens with zero attached hydrogens (tertiary/aromatic N) is 1. The van der Waals surface area contributed by atoms with E-state index in [1.807, 2.05) is 6.92 Å². The van der Waals surface area contributed by atoms with E-state index in [9.17, 15) is 12.8 Å². The van der Waals surface area contributed by atoms with E-state index in [4.69, 9.17) is 5.73 Å². The molecule has 1 aliphatic heterocycles. The van der Waals surface area contributed by atoms with Crippen LogP contribution < -0.4 is 5.73 Å². The third-order valence-electron chi connectivity index (χ3n) is 3.42. The summed E-state index contributed by atoms with van der Waals surface area (Å²) in [6.45, 7) is 2.62. The topological polar surface area (TPSA) is 63.4 Å². The quantitative estimate of drug-likeness (QED) is 0.866. The Hall–Kier alpha value is -0.210. The van der Waals surface area contributed by atoms with Gasteiger partial charge in [-0.05, 0) is 44.0 Å². The predicted octanol–water partition coefficient (Wildman–Crippen LogP) is 2.37. The van der Waals surface area contributed by atoms with Crippen molar-refractivity contribution in [2.75, 3.05) is 13.1 Å². The van der Waals surface area contributed by atoms with Gasteiger partial charge in [0.25, 0.3) is 0 Å². The van der Waals surface area contributed by atoms with Crippen molar-refractivity contribution in [3.8, 4) is 0 Å². The average Bonchev–Trinajstić information content (AvgIpc) is 2.70. The van der Waals surface area contributed by atoms with Gasteiger partial charge in [-0.2, -0.15) is 4.31 Å². The Balaban J connectivity index is 0.00000200. The summed E-state index contributed by atoms with van der Waals surface area (Å²) >= 11 is 3.11. The van der Waals surface area contributed by atoms with Gasteiger partial charge in [-0.25, -0.2) is 12.8 Å². The Morgan fingerprint density at radius 1 is 1.50 bits per heavy atom. The number of hydrogen-bond donors (Lipinski definition) is 1. The van der Waals surface area contributed by atoms with E-state index in [-0.39, 0.29) is 29.3 Å². The summed E-state index contributed by atoms with van der Waals surface area (Å²) < 4.78 is 40.6. The van der Waals surface area contributed by atoms with Gasteiger partial charge in [-0.1, -0.05) is 15.9 Å². The van der Waals surface area contributed by atoms with Crippen LogP contribution >= 0.6 is 28.3 Å². The Morgan fingerprint density at radius 3 is 2.65 bits per heavy atom. The van der Waals surface area contributed by atoms with Crippen molar-refractivity contribution in [2.24, 2.45) is 11.7 Å². The highest BCUT2D eigenvalue weighted by Gasteiger charge is 2.38. The van der Waals surface area contributed by atoms with Crippen molar-refractivity contribution in [1.82, 2.24) is 4.31 Å². The number of hydrogen-bond acceptors (Lipinski definition) is 3. The normalized spacial score (nSPS) is 23.6. The second-order valence-corrected chi connectivity index (χ2v) is 7.61. The molecule has 1 aromatic carbocycles. The molecule has 114 valence electrons. The molecule has 20 heavy (non-hydrogen) atoms. The third kappa shape index (κ3) is 3.33. The molecule has 0 aromatic heterocycles. The first-order chi connectivity index (χ1) is 8.86. The standard InChI is InChI=1S/C12H16BrFN2O2S.ClH/c1-8-4-9(6-15)7-16(8)19(17,18)12-3-2-10(13)5-11(12)14;/h2-3,5,8-9H,4,6-7,15H2,1H3;1H. The highest BCUT2D eigenvalue weighted by Crippen LogP contribution is 2.30. The summed E-state index contributed by atoms with van der Waals surface area (Å²) in [5, 5.41) is 0. The maximum atomic E-state index is 13.8. The second-order valence-electron chi connectivity index (χ2n) is 4.84. The molecule has 0 saturated carbocycles. The molecule has 1 saturated heterocycles. The van der Waals surface area contributed by atoms with Crippen LogP contribution in [-0.4, -0.2) is 31.9 Å². The predicted molar refractivity (Wildman–Crippen MR) is 81.9 cm³/mol. The molecule has 2 rings (SSSR count). The highest BCUT2D eigenvalue weighted by molar-refractivity contribution is 9.10. The minimum Gasteiger partial charge on any atom is -0.330 e. The smallest absolute Gasteiger partial charge is 0.246 e. The molecule has 4 nitrogen and oxygen atoms in total. The van der Waals surface area contributed by atoms with Crippen LogP contribution in [0.2, 0.25) is 0 Å². The van der Waals surface area contributed by atoms with Crippen LogP contribution in [0.4, 0.5) is 4.39 Å². The van der Waals surface area contributed by atoms with Gasteiger partial charge < -0.3 is 5.73 Å². The average molecular weight is 388 g/mol. The van der Waals surface area contributed by atoms with Gasteiger partial charge in [0, 0.05) is 17.1 Å². The van der Waals surface area contributed by atoms with E-state index in [1.165, 1.54) is 16.4 Å². The van der Waals surface area contributed by atoms with E-state index in [0.29, 0.717) is 24.0 Å². The fraction of sp³-hybridized carbons (Fsp3) is 0.500. The molecule has 0 spiro atoms. The number of benzene rings is 1. The largest absolute Gasteiger partial charge is 0.330 e. The minimum absolute atomic E-state index is 0. The summed E-state index contributed by atoms with van der Waals surface area (Å²) in [7, 11) is -3.80. The minimum atomic E-state index is -3.80. The van der Waals surface area contributed by atoms with Crippen LogP contribution in [-0.2, 0) is 10.0 Å². The van der Waals surface area contributed by atoms with E-state index >= 15 is 0 Å². The molecule has 1 aromatic rings. The van der Waals surface area contributed by atoms with Crippen molar-refractivity contribution >= 4 is 38.4 Å². The van der Waals surface area contributed by atoms with Gasteiger partial charge in [-0.3, -0.25) is 0 Å². The van der Waals surface area contributed by atoms with E-state index in [2.05, 4.69) is 15.9 Å². The van der Waals surface area contributed by atoms with Crippen molar-refractivity contribution in [3.05, 3.63) is 28.5 Å². The van der Waals surface area contributed by atoms with Crippen LogP contribution in [0.25, 0.3) is 0 Å². The first-order valence-electron chi connectivity index (χ1n) is 6.03. The number of halogens is 3. The van der Waals surface area contributed by atoms with Crippen LogP contribution in [0.3, 0.4) is 0 Å². The molecule has 0 radical (unpaired) electrons. The van der Waals surface area contributed by atoms with Gasteiger partial charge in [0.05, 0.1) is 0 Å². The van der Waals surface area contributed by atoms with E-state index < -0.39 is 15.8 Å². The zero-order chi connectivity index (χ0) is 14.2. The van der Waals surface area contributed by atoms with Gasteiger partial charge in [0.15, 0.2) is 0 Å². The SMILES string of the molecule is CC1CC(CN)CN1S(=O)(=O)c1ccc(Br)cc1F.Cl. The summed E-state index contributed by atoms with van der Waals surface area (Å²) in [5.41, 5.74) is 5.59. The zero-order valence-corrected chi connectivity index (χ0v) is 14.1. The van der Waals surface area contributed by atoms with Crippen LogP contribution in [0.15, 0.2) is 27.6 Å². The monoisotopic (exact) mass is 386 g/mol. The maximum absolute atomic E-state index is 13.8. The van der Waals surface area contributed by atoms with Crippen LogP contribution in [0.5, 0.6) is 0 Å². The fourth-order valence-corrected chi connectivity index (χ4v) is 4.52. The molecule has 0 amide bonds. The Morgan fingerprint density at radius 2 is 2.15 bits per heavy atom. The molecule has 1 fully saturated rings. The zero-order valence-electron chi connectivity index (χ0n) is 10.9. The Labute approximate surface area is 133 Å². The Kier molecular flexibility index (Phi) is 5.98. The first-order valence-corrected chi connectivity index (χ1v) is 8.26. The summed E-state index contributed by atoms with van der Waals surface area (Å²) in [6, 6.07) is 3.82. The van der Waals surface area contributed by atoms with E-state index in [0.717, 1.165) is 6.07 Å². The highest BCUT2D eigenvalue weighted by atomic mass is 79.9. The molecule has 1 heterocycles. The molecule has 2 unspecified atom stereocenters. The third-order valence-corrected chi connectivity index (χ3v) is 5.92. The molecule has 8 heteroatoms. The lowest BCUT2D eigenvalue weighted by atomic mass is 10.1. The van der Waals surface area contributed by atoms with Crippen molar-refractivity contribution in [2.45, 2.75) is 24.3 Å². The molecule has 0 bridgehead atoms. The lowest BCUT2D eigenvalue weighted by molar-refractivity contribution is 0.401. The Bertz CT molecular complexity index is 585. The van der Waals surface area contributed by atoms with E-state index in [1.54, 1.807) is 0 Å². The number of rotatable bonds is 3. The molecule has 2 atom stereocenters. The second kappa shape index (κ2) is 6.70. The molecule has 0 aliphatic carbocycles. The fourth-order valence-electron chi connectivity index (χ4n) is 2.43. The molecule has 2 N–H and O–H groups in total. The maximum Gasteiger partial charge on any atom is 0.246 e. The van der Waals surface area contributed by atoms with Crippen LogP contribution in [0, 0.1) is 11.7 Å².